The van der Waals surface area contributed by atoms with Gasteiger partial charge in [0.05, 0.1) is 25.0 Å². The van der Waals surface area contributed by atoms with Crippen LogP contribution in [0.3, 0.4) is 0 Å². The van der Waals surface area contributed by atoms with Crippen molar-refractivity contribution in [2.24, 2.45) is 0 Å². The van der Waals surface area contributed by atoms with E-state index in [-0.39, 0.29) is 46.1 Å². The normalized spacial score (nSPS) is 13.4. The Bertz CT molecular complexity index is 2880. The Balaban J connectivity index is 1.21. The fraction of sp³-hybridized carbons (Fsp3) is 0. The van der Waals surface area contributed by atoms with Gasteiger partial charge in [-0.25, -0.2) is 4.98 Å². The van der Waals surface area contributed by atoms with Gasteiger partial charge in [0, 0.05) is 32.3 Å². The molecule has 0 aliphatic carbocycles. The zero-order valence-electron chi connectivity index (χ0n) is 29.8. The maximum absolute atomic E-state index is 9.29. The van der Waals surface area contributed by atoms with Crippen molar-refractivity contribution in [2.45, 2.75) is 0 Å². The number of thiophene rings is 1. The Hall–Kier alpha value is -5.64. The molecule has 0 N–H and O–H groups in total. The Morgan fingerprint density at radius 1 is 0.467 bits per heavy atom. The lowest BCUT2D eigenvalue weighted by atomic mass is 9.93. The predicted molar refractivity (Wildman–Crippen MR) is 192 cm³/mol. The number of pyridine rings is 2. The molecule has 2 nitrogen and oxygen atoms in total. The summed E-state index contributed by atoms with van der Waals surface area (Å²) < 4.78 is 53.8. The fourth-order valence-electron chi connectivity index (χ4n) is 6.09. The molecule has 9 rings (SSSR count). The molecule has 0 saturated carbocycles. The predicted octanol–water partition coefficient (Wildman–Crippen LogP) is 11.8. The van der Waals surface area contributed by atoms with Gasteiger partial charge in [-0.3, -0.25) is 4.98 Å². The number of fused-ring (bicyclic) bond motifs is 5. The van der Waals surface area contributed by atoms with E-state index < -0.39 is 12.1 Å². The summed E-state index contributed by atoms with van der Waals surface area (Å²) in [4.78, 5) is 11.7. The first-order valence-electron chi connectivity index (χ1n) is 17.7. The Morgan fingerprint density at radius 3 is 2.04 bits per heavy atom. The van der Waals surface area contributed by atoms with Crippen LogP contribution in [0.15, 0.2) is 158 Å². The van der Waals surface area contributed by atoms with Crippen LogP contribution in [0.4, 0.5) is 0 Å². The van der Waals surface area contributed by atoms with Gasteiger partial charge >= 0.3 is 0 Å². The molecule has 0 aliphatic rings. The SMILES string of the molecule is [2H]c1c([2H])c([2H])c2c(-c3ccc4ccc5cccnc5c4n3)c([2H])c([2H])c(-c3ccc(-c4ccc(-c5cccc6ccccc56)s4)cc3)c2c1[2H]. The molecule has 0 saturated heterocycles. The second-order valence-corrected chi connectivity index (χ2v) is 12.0. The molecule has 0 aliphatic heterocycles. The smallest absolute Gasteiger partial charge is 0.0972 e. The maximum atomic E-state index is 9.29. The standard InChI is InChI=1S/C42H26N2S/c1-2-10-32-27(7-1)8-5-13-37(32)40-25-24-39(45-40)29-16-14-28(15-17-29)33-21-22-36(35-12-4-3-11-34(33)35)38-23-20-31-19-18-30-9-6-26-43-41(30)42(31)44-38/h1-26H/i3D,4D,11D,12D,21D,22D. The van der Waals surface area contributed by atoms with Crippen molar-refractivity contribution >= 4 is 54.7 Å². The van der Waals surface area contributed by atoms with Crippen LogP contribution in [-0.2, 0) is 0 Å². The highest BCUT2D eigenvalue weighted by atomic mass is 32.1. The second kappa shape index (κ2) is 10.5. The van der Waals surface area contributed by atoms with Crippen molar-refractivity contribution in [1.29, 1.82) is 0 Å². The minimum Gasteiger partial charge on any atom is -0.254 e. The molecule has 0 atom stereocenters. The topological polar surface area (TPSA) is 25.8 Å². The molecule has 3 aromatic heterocycles. The summed E-state index contributed by atoms with van der Waals surface area (Å²) in [6.45, 7) is 0. The van der Waals surface area contributed by atoms with E-state index in [1.165, 1.54) is 16.3 Å². The summed E-state index contributed by atoms with van der Waals surface area (Å²) in [5.41, 5.74) is 4.87. The molecule has 45 heavy (non-hydrogen) atoms. The molecule has 0 radical (unpaired) electrons. The molecule has 0 fully saturated rings. The van der Waals surface area contributed by atoms with Gasteiger partial charge in [0.1, 0.15) is 0 Å². The quantitative estimate of drug-likeness (QED) is 0.189. The van der Waals surface area contributed by atoms with Crippen LogP contribution in [0.5, 0.6) is 0 Å². The van der Waals surface area contributed by atoms with E-state index in [0.29, 0.717) is 22.3 Å². The highest BCUT2D eigenvalue weighted by Crippen LogP contribution is 2.40. The zero-order chi connectivity index (χ0) is 35.0. The number of hydrogen-bond acceptors (Lipinski definition) is 3. The van der Waals surface area contributed by atoms with Gasteiger partial charge in [0.15, 0.2) is 0 Å². The summed E-state index contributed by atoms with van der Waals surface area (Å²) in [6.07, 6.45) is 1.70. The highest BCUT2D eigenvalue weighted by molar-refractivity contribution is 7.18. The van der Waals surface area contributed by atoms with E-state index in [0.717, 1.165) is 26.1 Å². The van der Waals surface area contributed by atoms with Gasteiger partial charge in [-0.15, -0.1) is 11.3 Å². The van der Waals surface area contributed by atoms with Crippen molar-refractivity contribution in [3.05, 3.63) is 158 Å². The largest absolute Gasteiger partial charge is 0.254 e. The third-order valence-corrected chi connectivity index (χ3v) is 9.48. The van der Waals surface area contributed by atoms with Crippen LogP contribution in [0.25, 0.3) is 86.6 Å². The Kier molecular flexibility index (Phi) is 4.75. The molecule has 0 spiro atoms. The molecule has 210 valence electrons. The Morgan fingerprint density at radius 2 is 1.16 bits per heavy atom. The van der Waals surface area contributed by atoms with Crippen LogP contribution < -0.4 is 0 Å². The summed E-state index contributed by atoms with van der Waals surface area (Å²) in [7, 11) is 0. The van der Waals surface area contributed by atoms with E-state index in [1.54, 1.807) is 23.6 Å². The highest BCUT2D eigenvalue weighted by Gasteiger charge is 2.13. The van der Waals surface area contributed by atoms with Crippen LogP contribution in [0, 0.1) is 0 Å². The van der Waals surface area contributed by atoms with Gasteiger partial charge in [0.2, 0.25) is 0 Å². The number of nitrogens with zero attached hydrogens (tertiary/aromatic N) is 2. The van der Waals surface area contributed by atoms with Crippen molar-refractivity contribution in [3.8, 4) is 43.3 Å². The molecule has 0 bridgehead atoms. The first-order chi connectivity index (χ1) is 24.8. The zero-order valence-corrected chi connectivity index (χ0v) is 24.7. The lowest BCUT2D eigenvalue weighted by molar-refractivity contribution is 1.37. The van der Waals surface area contributed by atoms with Crippen molar-refractivity contribution < 1.29 is 8.22 Å². The van der Waals surface area contributed by atoms with Gasteiger partial charge in [0.25, 0.3) is 0 Å². The lowest BCUT2D eigenvalue weighted by Gasteiger charge is -2.13. The number of aromatic nitrogens is 2. The molecule has 9 aromatic rings. The van der Waals surface area contributed by atoms with Gasteiger partial charge < -0.3 is 0 Å². The molecule has 3 heterocycles. The average molecular weight is 597 g/mol. The summed E-state index contributed by atoms with van der Waals surface area (Å²) >= 11 is 1.69. The van der Waals surface area contributed by atoms with Crippen LogP contribution in [0.2, 0.25) is 0 Å². The number of benzene rings is 6. The van der Waals surface area contributed by atoms with Crippen molar-refractivity contribution in [2.75, 3.05) is 0 Å². The molecular weight excluding hydrogens is 565 g/mol. The fourth-order valence-corrected chi connectivity index (χ4v) is 7.14. The Labute approximate surface area is 273 Å². The monoisotopic (exact) mass is 596 g/mol. The van der Waals surface area contributed by atoms with Gasteiger partial charge in [-0.2, -0.15) is 0 Å². The minimum atomic E-state index is -0.403. The van der Waals surface area contributed by atoms with Gasteiger partial charge in [-0.05, 0) is 68.1 Å². The molecule has 0 amide bonds. The summed E-state index contributed by atoms with van der Waals surface area (Å²) in [5, 5.41) is 4.49. The molecule has 0 unspecified atom stereocenters. The third-order valence-electron chi connectivity index (χ3n) is 8.31. The molecule has 3 heteroatoms. The first-order valence-corrected chi connectivity index (χ1v) is 15.5. The maximum Gasteiger partial charge on any atom is 0.0972 e. The second-order valence-electron chi connectivity index (χ2n) is 10.9. The molecular formula is C42H26N2S. The summed E-state index contributed by atoms with van der Waals surface area (Å²) in [6, 6.07) is 36.3. The number of hydrogen-bond donors (Lipinski definition) is 0. The number of rotatable bonds is 4. The van der Waals surface area contributed by atoms with E-state index >= 15 is 0 Å². The van der Waals surface area contributed by atoms with Crippen LogP contribution in [0.1, 0.15) is 8.22 Å². The van der Waals surface area contributed by atoms with Gasteiger partial charge in [-0.1, -0.05) is 127 Å². The average Bonchev–Trinajstić information content (AvgIpc) is 3.67. The van der Waals surface area contributed by atoms with Crippen LogP contribution in [-0.4, -0.2) is 9.97 Å². The lowest BCUT2D eigenvalue weighted by Crippen LogP contribution is -1.91. The third kappa shape index (κ3) is 4.40. The van der Waals surface area contributed by atoms with E-state index in [9.17, 15) is 2.74 Å². The van der Waals surface area contributed by atoms with Crippen LogP contribution >= 0.6 is 11.3 Å². The summed E-state index contributed by atoms with van der Waals surface area (Å²) in [5.74, 6) is 0. The van der Waals surface area contributed by atoms with E-state index in [4.69, 9.17) is 10.5 Å². The minimum absolute atomic E-state index is 0.136. The van der Waals surface area contributed by atoms with Crippen molar-refractivity contribution in [1.82, 2.24) is 9.97 Å². The first kappa shape index (κ1) is 20.3. The molecule has 6 aromatic carbocycles. The van der Waals surface area contributed by atoms with E-state index in [2.05, 4.69) is 53.5 Å². The van der Waals surface area contributed by atoms with Crippen molar-refractivity contribution in [3.63, 3.8) is 0 Å². The van der Waals surface area contributed by atoms with E-state index in [1.807, 2.05) is 60.7 Å².